The summed E-state index contributed by atoms with van der Waals surface area (Å²) in [5.41, 5.74) is 1.40. The summed E-state index contributed by atoms with van der Waals surface area (Å²) in [7, 11) is -1.99. The number of carbonyl (C=O) groups excluding carboxylic acids is 1. The number of hydrogen-bond donors (Lipinski definition) is 2. The van der Waals surface area contributed by atoms with E-state index in [2.05, 4.69) is 5.32 Å². The van der Waals surface area contributed by atoms with E-state index in [0.29, 0.717) is 25.1 Å². The molecule has 0 spiro atoms. The maximum absolute atomic E-state index is 12.4. The third-order valence-corrected chi connectivity index (χ3v) is 5.39. The number of amides is 1. The zero-order chi connectivity index (χ0) is 15.5. The molecule has 0 aliphatic carbocycles. The van der Waals surface area contributed by atoms with Gasteiger partial charge in [-0.05, 0) is 43.0 Å². The average Bonchev–Trinajstić information content (AvgIpc) is 2.82. The van der Waals surface area contributed by atoms with Crippen molar-refractivity contribution in [3.63, 3.8) is 0 Å². The fourth-order valence-corrected chi connectivity index (χ4v) is 3.55. The minimum absolute atomic E-state index is 0.114. The van der Waals surface area contributed by atoms with Crippen molar-refractivity contribution in [1.82, 2.24) is 4.31 Å². The number of benzene rings is 1. The zero-order valence-electron chi connectivity index (χ0n) is 12.0. The lowest BCUT2D eigenvalue weighted by atomic mass is 10.2. The fourth-order valence-electron chi connectivity index (χ4n) is 2.29. The van der Waals surface area contributed by atoms with Crippen molar-refractivity contribution >= 4 is 21.6 Å². The van der Waals surface area contributed by atoms with Crippen molar-refractivity contribution in [1.29, 1.82) is 0 Å². The minimum atomic E-state index is -3.53. The molecule has 21 heavy (non-hydrogen) atoms. The highest BCUT2D eigenvalue weighted by molar-refractivity contribution is 7.89. The summed E-state index contributed by atoms with van der Waals surface area (Å²) < 4.78 is 26.2. The smallest absolute Gasteiger partial charge is 0.242 e. The molecule has 6 nitrogen and oxygen atoms in total. The van der Waals surface area contributed by atoms with E-state index in [9.17, 15) is 13.2 Å². The summed E-state index contributed by atoms with van der Waals surface area (Å²) in [5.74, 6) is -0.114. The van der Waals surface area contributed by atoms with Crippen LogP contribution in [0, 0.1) is 0 Å². The van der Waals surface area contributed by atoms with Crippen LogP contribution in [-0.4, -0.2) is 43.9 Å². The van der Waals surface area contributed by atoms with Crippen LogP contribution < -0.4 is 5.32 Å². The number of aliphatic hydroxyl groups excluding tert-OH is 1. The highest BCUT2D eigenvalue weighted by Crippen LogP contribution is 2.27. The lowest BCUT2D eigenvalue weighted by Gasteiger charge is -2.17. The first-order valence-corrected chi connectivity index (χ1v) is 8.39. The molecule has 1 aromatic rings. The fraction of sp³-hybridized carbons (Fsp3) is 0.500. The van der Waals surface area contributed by atoms with E-state index in [1.54, 1.807) is 19.2 Å². The monoisotopic (exact) mass is 312 g/mol. The Kier molecular flexibility index (Phi) is 4.97. The highest BCUT2D eigenvalue weighted by Gasteiger charge is 2.24. The van der Waals surface area contributed by atoms with Gasteiger partial charge < -0.3 is 10.4 Å². The van der Waals surface area contributed by atoms with Gasteiger partial charge in [0.15, 0.2) is 0 Å². The van der Waals surface area contributed by atoms with E-state index in [1.165, 1.54) is 10.4 Å². The second-order valence-electron chi connectivity index (χ2n) is 5.15. The Morgan fingerprint density at radius 3 is 2.76 bits per heavy atom. The molecule has 0 fully saturated rings. The highest BCUT2D eigenvalue weighted by atomic mass is 32.2. The van der Waals surface area contributed by atoms with Gasteiger partial charge in [0.25, 0.3) is 0 Å². The normalized spacial score (nSPS) is 14.3. The topological polar surface area (TPSA) is 86.7 Å². The number of sulfonamides is 1. The molecule has 116 valence electrons. The van der Waals surface area contributed by atoms with E-state index < -0.39 is 10.0 Å². The molecule has 0 saturated heterocycles. The standard InChI is InChI=1S/C14H20N2O4S/c1-16(7-3-2-4-8-17)21(19,20)12-5-6-13-11(9-12)10-14(18)15-13/h5-6,9,17H,2-4,7-8,10H2,1H3,(H,15,18). The van der Waals surface area contributed by atoms with Crippen molar-refractivity contribution in [2.45, 2.75) is 30.6 Å². The largest absolute Gasteiger partial charge is 0.396 e. The molecule has 0 radical (unpaired) electrons. The Morgan fingerprint density at radius 1 is 1.29 bits per heavy atom. The van der Waals surface area contributed by atoms with E-state index in [0.717, 1.165) is 12.0 Å². The van der Waals surface area contributed by atoms with Crippen LogP contribution in [0.2, 0.25) is 0 Å². The van der Waals surface area contributed by atoms with E-state index >= 15 is 0 Å². The zero-order valence-corrected chi connectivity index (χ0v) is 12.8. The quantitative estimate of drug-likeness (QED) is 0.734. The Labute approximate surface area is 124 Å². The van der Waals surface area contributed by atoms with Gasteiger partial charge in [0, 0.05) is 25.9 Å². The third kappa shape index (κ3) is 3.61. The SMILES string of the molecule is CN(CCCCCO)S(=O)(=O)c1ccc2c(c1)CC(=O)N2. The minimum Gasteiger partial charge on any atom is -0.396 e. The summed E-state index contributed by atoms with van der Waals surface area (Å²) >= 11 is 0. The average molecular weight is 312 g/mol. The van der Waals surface area contributed by atoms with E-state index in [4.69, 9.17) is 5.11 Å². The van der Waals surface area contributed by atoms with Crippen LogP contribution in [0.25, 0.3) is 0 Å². The molecule has 1 aliphatic heterocycles. The number of hydrogen-bond acceptors (Lipinski definition) is 4. The first-order valence-electron chi connectivity index (χ1n) is 6.95. The summed E-state index contributed by atoms with van der Waals surface area (Å²) in [6.07, 6.45) is 2.40. The second kappa shape index (κ2) is 6.55. The van der Waals surface area contributed by atoms with Crippen LogP contribution in [0.3, 0.4) is 0 Å². The Bertz CT molecular complexity index is 628. The summed E-state index contributed by atoms with van der Waals surface area (Å²) in [5, 5.41) is 11.4. The van der Waals surface area contributed by atoms with Gasteiger partial charge in [-0.1, -0.05) is 0 Å². The van der Waals surface area contributed by atoms with Gasteiger partial charge in [0.1, 0.15) is 0 Å². The van der Waals surface area contributed by atoms with Crippen LogP contribution in [-0.2, 0) is 21.2 Å². The summed E-state index contributed by atoms with van der Waals surface area (Å²) in [6.45, 7) is 0.541. The summed E-state index contributed by atoms with van der Waals surface area (Å²) in [4.78, 5) is 11.5. The van der Waals surface area contributed by atoms with Crippen LogP contribution >= 0.6 is 0 Å². The van der Waals surface area contributed by atoms with Gasteiger partial charge in [-0.2, -0.15) is 0 Å². The second-order valence-corrected chi connectivity index (χ2v) is 7.20. The van der Waals surface area contributed by atoms with Gasteiger partial charge in [-0.25, -0.2) is 12.7 Å². The predicted molar refractivity (Wildman–Crippen MR) is 79.5 cm³/mol. The maximum atomic E-state index is 12.4. The van der Waals surface area contributed by atoms with Crippen LogP contribution in [0.1, 0.15) is 24.8 Å². The van der Waals surface area contributed by atoms with Crippen molar-refractivity contribution in [2.75, 3.05) is 25.5 Å². The van der Waals surface area contributed by atoms with Crippen LogP contribution in [0.15, 0.2) is 23.1 Å². The maximum Gasteiger partial charge on any atom is 0.242 e. The van der Waals surface area contributed by atoms with Gasteiger partial charge in [0.05, 0.1) is 11.3 Å². The molecule has 0 unspecified atom stereocenters. The van der Waals surface area contributed by atoms with Crippen molar-refractivity contribution in [2.24, 2.45) is 0 Å². The molecule has 0 atom stereocenters. The van der Waals surface area contributed by atoms with Crippen molar-refractivity contribution < 1.29 is 18.3 Å². The first kappa shape index (κ1) is 15.9. The predicted octanol–water partition coefficient (Wildman–Crippen LogP) is 0.964. The third-order valence-electron chi connectivity index (χ3n) is 3.54. The molecule has 7 heteroatoms. The Balaban J connectivity index is 2.09. The Morgan fingerprint density at radius 2 is 2.05 bits per heavy atom. The first-order chi connectivity index (χ1) is 9.95. The molecule has 0 bridgehead atoms. The van der Waals surface area contributed by atoms with Crippen molar-refractivity contribution in [3.8, 4) is 0 Å². The molecule has 0 saturated carbocycles. The molecular weight excluding hydrogens is 292 g/mol. The lowest BCUT2D eigenvalue weighted by Crippen LogP contribution is -2.28. The van der Waals surface area contributed by atoms with E-state index in [-0.39, 0.29) is 23.8 Å². The van der Waals surface area contributed by atoms with Gasteiger partial charge in [-0.3, -0.25) is 4.79 Å². The number of unbranched alkanes of at least 4 members (excludes halogenated alkanes) is 2. The molecule has 1 amide bonds. The Hall–Kier alpha value is -1.44. The molecule has 1 aromatic carbocycles. The van der Waals surface area contributed by atoms with Crippen molar-refractivity contribution in [3.05, 3.63) is 23.8 Å². The molecule has 1 heterocycles. The number of rotatable bonds is 7. The van der Waals surface area contributed by atoms with Gasteiger partial charge in [-0.15, -0.1) is 0 Å². The van der Waals surface area contributed by atoms with Crippen LogP contribution in [0.5, 0.6) is 0 Å². The number of carbonyl (C=O) groups is 1. The van der Waals surface area contributed by atoms with E-state index in [1.807, 2.05) is 0 Å². The molecule has 0 aromatic heterocycles. The number of nitrogens with zero attached hydrogens (tertiary/aromatic N) is 1. The number of aliphatic hydroxyl groups is 1. The number of fused-ring (bicyclic) bond motifs is 1. The number of anilines is 1. The molecular formula is C14H20N2O4S. The van der Waals surface area contributed by atoms with Gasteiger partial charge >= 0.3 is 0 Å². The van der Waals surface area contributed by atoms with Crippen LogP contribution in [0.4, 0.5) is 5.69 Å². The molecule has 1 aliphatic rings. The van der Waals surface area contributed by atoms with Gasteiger partial charge in [0.2, 0.25) is 15.9 Å². The lowest BCUT2D eigenvalue weighted by molar-refractivity contribution is -0.115. The molecule has 2 N–H and O–H groups in total. The molecule has 2 rings (SSSR count). The number of nitrogens with one attached hydrogen (secondary N) is 1. The summed E-state index contributed by atoms with van der Waals surface area (Å²) in [6, 6.07) is 4.71.